The zero-order valence-electron chi connectivity index (χ0n) is 13.3. The van der Waals surface area contributed by atoms with Gasteiger partial charge in [-0.2, -0.15) is 0 Å². The third-order valence-electron chi connectivity index (χ3n) is 3.55. The van der Waals surface area contributed by atoms with Gasteiger partial charge in [0.25, 0.3) is 0 Å². The van der Waals surface area contributed by atoms with E-state index in [9.17, 15) is 9.59 Å². The molecule has 0 aliphatic carbocycles. The summed E-state index contributed by atoms with van der Waals surface area (Å²) in [5.74, 6) is -0.0929. The van der Waals surface area contributed by atoms with Crippen LogP contribution in [0.2, 0.25) is 5.02 Å². The Hall–Kier alpha value is -2.53. The molecular formula is C18H17ClO5. The Balaban J connectivity index is 2.22. The van der Waals surface area contributed by atoms with Crippen LogP contribution in [0.15, 0.2) is 36.4 Å². The zero-order valence-corrected chi connectivity index (χ0v) is 14.1. The van der Waals surface area contributed by atoms with Gasteiger partial charge in [0, 0.05) is 29.0 Å². The van der Waals surface area contributed by atoms with Crippen molar-refractivity contribution in [1.29, 1.82) is 0 Å². The maximum absolute atomic E-state index is 12.4. The second-order valence-corrected chi connectivity index (χ2v) is 5.62. The molecule has 0 saturated heterocycles. The van der Waals surface area contributed by atoms with Crippen molar-refractivity contribution in [3.63, 3.8) is 0 Å². The Morgan fingerprint density at radius 2 is 1.50 bits per heavy atom. The number of carboxylic acid groups (broad SMARTS) is 1. The molecule has 0 heterocycles. The maximum Gasteiger partial charge on any atom is 0.335 e. The van der Waals surface area contributed by atoms with Gasteiger partial charge in [-0.3, -0.25) is 4.79 Å². The molecule has 24 heavy (non-hydrogen) atoms. The van der Waals surface area contributed by atoms with E-state index >= 15 is 0 Å². The summed E-state index contributed by atoms with van der Waals surface area (Å²) in [6, 6.07) is 9.52. The lowest BCUT2D eigenvalue weighted by atomic mass is 10.00. The number of ketones is 1. The van der Waals surface area contributed by atoms with Crippen LogP contribution in [0.25, 0.3) is 0 Å². The van der Waals surface area contributed by atoms with Crippen LogP contribution in [0.4, 0.5) is 0 Å². The molecule has 0 amide bonds. The Morgan fingerprint density at radius 1 is 0.958 bits per heavy atom. The van der Waals surface area contributed by atoms with Crippen LogP contribution in [0.5, 0.6) is 11.5 Å². The fraction of sp³-hybridized carbons (Fsp3) is 0.222. The summed E-state index contributed by atoms with van der Waals surface area (Å²) in [5, 5.41) is 9.60. The van der Waals surface area contributed by atoms with Gasteiger partial charge in [0.2, 0.25) is 0 Å². The summed E-state index contributed by atoms with van der Waals surface area (Å²) in [6.07, 6.45) is 0.185. The fourth-order valence-electron chi connectivity index (χ4n) is 2.42. The molecule has 0 aliphatic heterocycles. The van der Waals surface area contributed by atoms with Crippen molar-refractivity contribution in [3.8, 4) is 11.5 Å². The van der Waals surface area contributed by atoms with Crippen molar-refractivity contribution < 1.29 is 24.2 Å². The number of benzene rings is 2. The highest BCUT2D eigenvalue weighted by Crippen LogP contribution is 2.25. The van der Waals surface area contributed by atoms with Gasteiger partial charge in [-0.15, -0.1) is 0 Å². The molecule has 0 atom stereocenters. The van der Waals surface area contributed by atoms with E-state index in [1.54, 1.807) is 24.3 Å². The monoisotopic (exact) mass is 348 g/mol. The SMILES string of the molecule is COc1ccc(Cl)cc1CC(=O)Cc1cc(C(=O)O)ccc1OC. The number of rotatable bonds is 7. The zero-order chi connectivity index (χ0) is 17.7. The van der Waals surface area contributed by atoms with Crippen molar-refractivity contribution in [3.05, 3.63) is 58.1 Å². The van der Waals surface area contributed by atoms with Crippen molar-refractivity contribution in [1.82, 2.24) is 0 Å². The Kier molecular flexibility index (Phi) is 5.82. The number of halogens is 1. The quantitative estimate of drug-likeness (QED) is 0.830. The molecule has 2 rings (SSSR count). The highest BCUT2D eigenvalue weighted by Gasteiger charge is 2.15. The average Bonchev–Trinajstić information content (AvgIpc) is 2.54. The van der Waals surface area contributed by atoms with Gasteiger partial charge in [-0.1, -0.05) is 11.6 Å². The minimum atomic E-state index is -1.05. The van der Waals surface area contributed by atoms with Crippen LogP contribution in [0, 0.1) is 0 Å². The number of carboxylic acids is 1. The lowest BCUT2D eigenvalue weighted by molar-refractivity contribution is -0.117. The fourth-order valence-corrected chi connectivity index (χ4v) is 2.62. The van der Waals surface area contributed by atoms with E-state index < -0.39 is 5.97 Å². The van der Waals surface area contributed by atoms with E-state index in [2.05, 4.69) is 0 Å². The van der Waals surface area contributed by atoms with Crippen LogP contribution < -0.4 is 9.47 Å². The van der Waals surface area contributed by atoms with Crippen LogP contribution in [0.3, 0.4) is 0 Å². The van der Waals surface area contributed by atoms with Gasteiger partial charge in [-0.25, -0.2) is 4.79 Å². The summed E-state index contributed by atoms with van der Waals surface area (Å²) < 4.78 is 10.4. The predicted octanol–water partition coefficient (Wildman–Crippen LogP) is 3.41. The smallest absolute Gasteiger partial charge is 0.335 e. The normalized spacial score (nSPS) is 10.3. The van der Waals surface area contributed by atoms with Crippen LogP contribution >= 0.6 is 11.6 Å². The van der Waals surface area contributed by atoms with Crippen molar-refractivity contribution in [2.75, 3.05) is 14.2 Å². The summed E-state index contributed by atoms with van der Waals surface area (Å²) in [4.78, 5) is 23.5. The third-order valence-corrected chi connectivity index (χ3v) is 3.78. The Morgan fingerprint density at radius 3 is 2.04 bits per heavy atom. The summed E-state index contributed by atoms with van der Waals surface area (Å²) in [6.45, 7) is 0. The highest BCUT2D eigenvalue weighted by atomic mass is 35.5. The molecule has 0 aliphatic rings. The van der Waals surface area contributed by atoms with Crippen molar-refractivity contribution in [2.45, 2.75) is 12.8 Å². The first-order chi connectivity index (χ1) is 11.4. The van der Waals surface area contributed by atoms with E-state index in [0.717, 1.165) is 0 Å². The first kappa shape index (κ1) is 17.8. The van der Waals surface area contributed by atoms with Crippen molar-refractivity contribution in [2.24, 2.45) is 0 Å². The van der Waals surface area contributed by atoms with Gasteiger partial charge in [0.1, 0.15) is 17.3 Å². The van der Waals surface area contributed by atoms with E-state index in [4.69, 9.17) is 26.2 Å². The molecule has 2 aromatic rings. The Labute approximate surface area is 144 Å². The Bertz CT molecular complexity index is 770. The number of ether oxygens (including phenoxy) is 2. The van der Waals surface area contributed by atoms with E-state index in [-0.39, 0.29) is 24.2 Å². The van der Waals surface area contributed by atoms with Gasteiger partial charge < -0.3 is 14.6 Å². The number of carbonyl (C=O) groups is 2. The van der Waals surface area contributed by atoms with Gasteiger partial charge in [-0.05, 0) is 36.4 Å². The lowest BCUT2D eigenvalue weighted by Crippen LogP contribution is -2.10. The largest absolute Gasteiger partial charge is 0.496 e. The summed E-state index contributed by atoms with van der Waals surface area (Å²) in [7, 11) is 3.00. The van der Waals surface area contributed by atoms with Gasteiger partial charge in [0.05, 0.1) is 19.8 Å². The van der Waals surface area contributed by atoms with Crippen LogP contribution in [-0.4, -0.2) is 31.1 Å². The van der Waals surface area contributed by atoms with E-state index in [0.29, 0.717) is 27.6 Å². The molecule has 5 nitrogen and oxygen atoms in total. The molecule has 1 N–H and O–H groups in total. The second kappa shape index (κ2) is 7.84. The third kappa shape index (κ3) is 4.26. The number of methoxy groups -OCH3 is 2. The first-order valence-electron chi connectivity index (χ1n) is 7.19. The molecule has 0 fully saturated rings. The maximum atomic E-state index is 12.4. The minimum Gasteiger partial charge on any atom is -0.496 e. The first-order valence-corrected chi connectivity index (χ1v) is 7.56. The molecule has 0 bridgehead atoms. The van der Waals surface area contributed by atoms with E-state index in [1.165, 1.54) is 26.4 Å². The van der Waals surface area contributed by atoms with Crippen LogP contribution in [0.1, 0.15) is 21.5 Å². The summed E-state index contributed by atoms with van der Waals surface area (Å²) in [5.41, 5.74) is 1.32. The topological polar surface area (TPSA) is 72.8 Å². The van der Waals surface area contributed by atoms with Gasteiger partial charge in [0.15, 0.2) is 0 Å². The lowest BCUT2D eigenvalue weighted by Gasteiger charge is -2.11. The van der Waals surface area contributed by atoms with Crippen LogP contribution in [-0.2, 0) is 17.6 Å². The highest BCUT2D eigenvalue weighted by molar-refractivity contribution is 6.30. The molecule has 0 radical (unpaired) electrons. The molecule has 0 saturated carbocycles. The molecular weight excluding hydrogens is 332 g/mol. The average molecular weight is 349 g/mol. The number of hydrogen-bond acceptors (Lipinski definition) is 4. The van der Waals surface area contributed by atoms with E-state index in [1.807, 2.05) is 0 Å². The number of Topliss-reactive ketones (excluding diaryl/α,β-unsaturated/α-hetero) is 1. The van der Waals surface area contributed by atoms with Gasteiger partial charge >= 0.3 is 5.97 Å². The molecule has 2 aromatic carbocycles. The molecule has 0 unspecified atom stereocenters. The molecule has 0 spiro atoms. The standard InChI is InChI=1S/C18H17ClO5/c1-23-16-5-3-11(18(21)22)7-12(16)9-15(20)10-13-8-14(19)4-6-17(13)24-2/h3-8H,9-10H2,1-2H3,(H,21,22). The second-order valence-electron chi connectivity index (χ2n) is 5.18. The molecule has 126 valence electrons. The summed E-state index contributed by atoms with van der Waals surface area (Å²) >= 11 is 5.97. The number of hydrogen-bond donors (Lipinski definition) is 1. The van der Waals surface area contributed by atoms with Crippen molar-refractivity contribution >= 4 is 23.4 Å². The molecule has 0 aromatic heterocycles. The molecule has 6 heteroatoms. The number of aromatic carboxylic acids is 1. The number of carbonyl (C=O) groups excluding carboxylic acids is 1. The predicted molar refractivity (Wildman–Crippen MR) is 90.4 cm³/mol. The minimum absolute atomic E-state index is 0.0555.